The van der Waals surface area contributed by atoms with Crippen LogP contribution in [0.25, 0.3) is 21.6 Å². The minimum Gasteiger partial charge on any atom is -0.338 e. The van der Waals surface area contributed by atoms with Crippen molar-refractivity contribution in [3.05, 3.63) is 57.0 Å². The number of halogens is 1. The van der Waals surface area contributed by atoms with Gasteiger partial charge in [-0.25, -0.2) is 4.98 Å². The first-order valence-electron chi connectivity index (χ1n) is 8.41. The highest BCUT2D eigenvalue weighted by molar-refractivity contribution is 7.98. The summed E-state index contributed by atoms with van der Waals surface area (Å²) < 4.78 is 7.89. The summed E-state index contributed by atoms with van der Waals surface area (Å²) >= 11 is 9.07. The molecular formula is C18H13ClN4O2S2. The molecule has 6 nitrogen and oxygen atoms in total. The number of benzene rings is 1. The quantitative estimate of drug-likeness (QED) is 0.344. The Bertz CT molecular complexity index is 1200. The Morgan fingerprint density at radius 1 is 1.26 bits per heavy atom. The van der Waals surface area contributed by atoms with E-state index in [0.717, 1.165) is 23.9 Å². The van der Waals surface area contributed by atoms with Crippen molar-refractivity contribution in [2.45, 2.75) is 29.8 Å². The lowest BCUT2D eigenvalue weighted by Crippen LogP contribution is -2.21. The van der Waals surface area contributed by atoms with Crippen LogP contribution in [0.2, 0.25) is 5.02 Å². The van der Waals surface area contributed by atoms with Gasteiger partial charge in [0, 0.05) is 11.6 Å². The molecule has 5 rings (SSSR count). The van der Waals surface area contributed by atoms with Crippen LogP contribution in [0, 0.1) is 0 Å². The van der Waals surface area contributed by atoms with Crippen molar-refractivity contribution in [3.63, 3.8) is 0 Å². The summed E-state index contributed by atoms with van der Waals surface area (Å²) in [6, 6.07) is 9.49. The summed E-state index contributed by atoms with van der Waals surface area (Å²) in [5.41, 5.74) is 1.51. The van der Waals surface area contributed by atoms with E-state index in [9.17, 15) is 4.79 Å². The highest BCUT2D eigenvalue weighted by atomic mass is 35.5. The first-order chi connectivity index (χ1) is 13.2. The van der Waals surface area contributed by atoms with E-state index < -0.39 is 0 Å². The van der Waals surface area contributed by atoms with Crippen molar-refractivity contribution >= 4 is 44.9 Å². The molecule has 0 spiro atoms. The van der Waals surface area contributed by atoms with Crippen molar-refractivity contribution in [2.75, 3.05) is 0 Å². The highest BCUT2D eigenvalue weighted by Crippen LogP contribution is 2.38. The van der Waals surface area contributed by atoms with Crippen LogP contribution in [0.5, 0.6) is 0 Å². The molecule has 0 saturated heterocycles. The maximum Gasteiger partial charge on any atom is 0.272 e. The largest absolute Gasteiger partial charge is 0.338 e. The normalized spacial score (nSPS) is 14.1. The van der Waals surface area contributed by atoms with Gasteiger partial charge in [0.25, 0.3) is 5.56 Å². The van der Waals surface area contributed by atoms with E-state index in [2.05, 4.69) is 15.1 Å². The van der Waals surface area contributed by atoms with Crippen molar-refractivity contribution < 1.29 is 4.52 Å². The molecule has 0 aliphatic heterocycles. The molecule has 0 amide bonds. The molecule has 1 aliphatic rings. The lowest BCUT2D eigenvalue weighted by Gasteiger charge is -2.09. The molecule has 0 N–H and O–H groups in total. The van der Waals surface area contributed by atoms with Gasteiger partial charge in [0.2, 0.25) is 11.7 Å². The van der Waals surface area contributed by atoms with Crippen molar-refractivity contribution in [1.29, 1.82) is 0 Å². The molecule has 1 aromatic carbocycles. The third kappa shape index (κ3) is 3.18. The fourth-order valence-corrected chi connectivity index (χ4v) is 4.74. The smallest absolute Gasteiger partial charge is 0.272 e. The lowest BCUT2D eigenvalue weighted by molar-refractivity contribution is 0.391. The molecule has 0 bridgehead atoms. The molecule has 0 radical (unpaired) electrons. The summed E-state index contributed by atoms with van der Waals surface area (Å²) in [7, 11) is 0. The molecule has 1 saturated carbocycles. The molecule has 9 heteroatoms. The van der Waals surface area contributed by atoms with Gasteiger partial charge in [-0.2, -0.15) is 4.98 Å². The van der Waals surface area contributed by atoms with Crippen LogP contribution in [0.3, 0.4) is 0 Å². The summed E-state index contributed by atoms with van der Waals surface area (Å²) in [5.74, 6) is 1.36. The van der Waals surface area contributed by atoms with Crippen LogP contribution in [-0.2, 0) is 5.75 Å². The summed E-state index contributed by atoms with van der Waals surface area (Å²) in [6.07, 6.45) is 2.03. The zero-order valence-electron chi connectivity index (χ0n) is 14.0. The van der Waals surface area contributed by atoms with Crippen LogP contribution in [0.15, 0.2) is 50.2 Å². The van der Waals surface area contributed by atoms with Gasteiger partial charge in [0.05, 0.1) is 16.3 Å². The van der Waals surface area contributed by atoms with E-state index in [1.54, 1.807) is 6.07 Å². The average Bonchev–Trinajstić information content (AvgIpc) is 3.19. The van der Waals surface area contributed by atoms with E-state index in [4.69, 9.17) is 16.1 Å². The van der Waals surface area contributed by atoms with Crippen LogP contribution < -0.4 is 5.56 Å². The predicted molar refractivity (Wildman–Crippen MR) is 106 cm³/mol. The fraction of sp³-hybridized carbons (Fsp3) is 0.222. The molecule has 136 valence electrons. The second kappa shape index (κ2) is 6.78. The third-order valence-corrected chi connectivity index (χ3v) is 6.46. The standard InChI is InChI=1S/C18H13ClN4O2S2/c19-12-4-2-1-3-11(12)16-21-14(25-22-16)9-27-18-20-13-7-8-26-15(13)17(24)23(18)10-5-6-10/h1-4,7-8,10H,5-6,9H2. The average molecular weight is 417 g/mol. The number of hydrogen-bond acceptors (Lipinski definition) is 7. The summed E-state index contributed by atoms with van der Waals surface area (Å²) in [4.78, 5) is 21.9. The molecule has 3 aromatic heterocycles. The molecule has 1 aliphatic carbocycles. The lowest BCUT2D eigenvalue weighted by atomic mass is 10.2. The maximum absolute atomic E-state index is 12.8. The van der Waals surface area contributed by atoms with Crippen LogP contribution in [-0.4, -0.2) is 19.7 Å². The molecule has 4 aromatic rings. The SMILES string of the molecule is O=c1c2sccc2nc(SCc2nc(-c3ccccc3Cl)no2)n1C1CC1. The number of thiophene rings is 1. The Hall–Kier alpha value is -2.16. The Kier molecular flexibility index (Phi) is 4.26. The van der Waals surface area contributed by atoms with Gasteiger partial charge in [0.15, 0.2) is 5.16 Å². The topological polar surface area (TPSA) is 73.8 Å². The van der Waals surface area contributed by atoms with Gasteiger partial charge in [-0.15, -0.1) is 11.3 Å². The molecular weight excluding hydrogens is 404 g/mol. The van der Waals surface area contributed by atoms with Gasteiger partial charge < -0.3 is 4.52 Å². The fourth-order valence-electron chi connectivity index (χ4n) is 2.85. The Morgan fingerprint density at radius 3 is 2.93 bits per heavy atom. The number of rotatable bonds is 5. The van der Waals surface area contributed by atoms with Gasteiger partial charge in [-0.1, -0.05) is 40.7 Å². The van der Waals surface area contributed by atoms with E-state index in [1.807, 2.05) is 34.2 Å². The Balaban J connectivity index is 1.43. The second-order valence-electron chi connectivity index (χ2n) is 6.22. The van der Waals surface area contributed by atoms with Crippen molar-refractivity contribution in [2.24, 2.45) is 0 Å². The number of nitrogens with zero attached hydrogens (tertiary/aromatic N) is 4. The molecule has 3 heterocycles. The van der Waals surface area contributed by atoms with E-state index in [1.165, 1.54) is 23.1 Å². The monoisotopic (exact) mass is 416 g/mol. The highest BCUT2D eigenvalue weighted by Gasteiger charge is 2.29. The molecule has 0 atom stereocenters. The minimum atomic E-state index is 0.0438. The van der Waals surface area contributed by atoms with Gasteiger partial charge in [0.1, 0.15) is 4.70 Å². The Morgan fingerprint density at radius 2 is 2.11 bits per heavy atom. The first kappa shape index (κ1) is 17.0. The minimum absolute atomic E-state index is 0.0438. The molecule has 1 fully saturated rings. The number of fused-ring (bicyclic) bond motifs is 1. The van der Waals surface area contributed by atoms with E-state index >= 15 is 0 Å². The van der Waals surface area contributed by atoms with Gasteiger partial charge >= 0.3 is 0 Å². The number of aromatic nitrogens is 4. The zero-order valence-corrected chi connectivity index (χ0v) is 16.4. The zero-order chi connectivity index (χ0) is 18.4. The van der Waals surface area contributed by atoms with Crippen LogP contribution in [0.4, 0.5) is 0 Å². The Labute approximate surface area is 167 Å². The molecule has 0 unspecified atom stereocenters. The van der Waals surface area contributed by atoms with E-state index in [-0.39, 0.29) is 11.6 Å². The van der Waals surface area contributed by atoms with Crippen molar-refractivity contribution in [3.8, 4) is 11.4 Å². The first-order valence-corrected chi connectivity index (χ1v) is 10.6. The van der Waals surface area contributed by atoms with Crippen LogP contribution >= 0.6 is 34.7 Å². The second-order valence-corrected chi connectivity index (χ2v) is 8.48. The predicted octanol–water partition coefficient (Wildman–Crippen LogP) is 4.79. The summed E-state index contributed by atoms with van der Waals surface area (Å²) in [5, 5.41) is 7.19. The molecule has 27 heavy (non-hydrogen) atoms. The van der Waals surface area contributed by atoms with Crippen molar-refractivity contribution in [1.82, 2.24) is 19.7 Å². The van der Waals surface area contributed by atoms with E-state index in [0.29, 0.717) is 32.3 Å². The summed E-state index contributed by atoms with van der Waals surface area (Å²) in [6.45, 7) is 0. The maximum atomic E-state index is 12.8. The van der Waals surface area contributed by atoms with Gasteiger partial charge in [-0.05, 0) is 36.4 Å². The third-order valence-electron chi connectivity index (χ3n) is 4.30. The number of thioether (sulfide) groups is 1. The van der Waals surface area contributed by atoms with Crippen LogP contribution in [0.1, 0.15) is 24.8 Å². The van der Waals surface area contributed by atoms with Gasteiger partial charge in [-0.3, -0.25) is 9.36 Å². The number of hydrogen-bond donors (Lipinski definition) is 0.